The van der Waals surface area contributed by atoms with E-state index in [1.165, 1.54) is 30.4 Å². The molecular formula is C15H23NOS. The number of hydrogen-bond acceptors (Lipinski definition) is 3. The van der Waals surface area contributed by atoms with Gasteiger partial charge in [0.25, 0.3) is 0 Å². The highest BCUT2D eigenvalue weighted by Gasteiger charge is 2.23. The van der Waals surface area contributed by atoms with E-state index in [0.717, 1.165) is 0 Å². The van der Waals surface area contributed by atoms with E-state index in [2.05, 4.69) is 42.8 Å². The highest BCUT2D eigenvalue weighted by Crippen LogP contribution is 2.30. The van der Waals surface area contributed by atoms with E-state index in [0.29, 0.717) is 12.1 Å². The van der Waals surface area contributed by atoms with Crippen molar-refractivity contribution in [1.82, 2.24) is 5.32 Å². The molecule has 0 heterocycles. The Bertz CT molecular complexity index is 379. The van der Waals surface area contributed by atoms with Gasteiger partial charge >= 0.3 is 0 Å². The maximum Gasteiger partial charge on any atom is 0.0564 e. The zero-order chi connectivity index (χ0) is 13.0. The number of rotatable bonds is 5. The first kappa shape index (κ1) is 13.9. The summed E-state index contributed by atoms with van der Waals surface area (Å²) in [6, 6.07) is 9.52. The fraction of sp³-hybridized carbons (Fsp3) is 0.600. The molecular weight excluding hydrogens is 242 g/mol. The third-order valence-corrected chi connectivity index (χ3v) is 5.04. The second kappa shape index (κ2) is 6.60. The lowest BCUT2D eigenvalue weighted by Gasteiger charge is -2.31. The van der Waals surface area contributed by atoms with Crippen LogP contribution in [0.25, 0.3) is 0 Å². The molecule has 0 saturated carbocycles. The summed E-state index contributed by atoms with van der Waals surface area (Å²) in [5, 5.41) is 13.3. The predicted octanol–water partition coefficient (Wildman–Crippen LogP) is 2.77. The van der Waals surface area contributed by atoms with Gasteiger partial charge in [0.1, 0.15) is 0 Å². The van der Waals surface area contributed by atoms with E-state index in [4.69, 9.17) is 0 Å². The lowest BCUT2D eigenvalue weighted by atomic mass is 9.87. The van der Waals surface area contributed by atoms with Crippen molar-refractivity contribution in [3.63, 3.8) is 0 Å². The van der Waals surface area contributed by atoms with Gasteiger partial charge in [-0.3, -0.25) is 0 Å². The maximum atomic E-state index is 9.36. The van der Waals surface area contributed by atoms with Crippen LogP contribution in [-0.2, 0) is 6.42 Å². The van der Waals surface area contributed by atoms with Gasteiger partial charge in [0.2, 0.25) is 0 Å². The monoisotopic (exact) mass is 265 g/mol. The molecule has 0 radical (unpaired) electrons. The van der Waals surface area contributed by atoms with Gasteiger partial charge in [0.05, 0.1) is 6.61 Å². The Hall–Kier alpha value is -0.510. The standard InChI is InChI=1S/C15H23NOS/c1-11(15(10-17)18-2)16-14-9-5-7-12-6-3-4-8-13(12)14/h3-4,6,8,11,14-17H,5,7,9-10H2,1-2H3. The van der Waals surface area contributed by atoms with Crippen LogP contribution in [0.3, 0.4) is 0 Å². The molecule has 100 valence electrons. The molecule has 0 amide bonds. The molecule has 1 aromatic carbocycles. The van der Waals surface area contributed by atoms with Crippen molar-refractivity contribution in [2.75, 3.05) is 12.9 Å². The number of nitrogens with one attached hydrogen (secondary N) is 1. The minimum Gasteiger partial charge on any atom is -0.395 e. The highest BCUT2D eigenvalue weighted by molar-refractivity contribution is 7.99. The normalized spacial score (nSPS) is 22.3. The number of aliphatic hydroxyl groups is 1. The van der Waals surface area contributed by atoms with Crippen LogP contribution in [0.4, 0.5) is 0 Å². The fourth-order valence-electron chi connectivity index (χ4n) is 2.79. The van der Waals surface area contributed by atoms with Crippen molar-refractivity contribution >= 4 is 11.8 Å². The van der Waals surface area contributed by atoms with E-state index in [1.807, 2.05) is 0 Å². The smallest absolute Gasteiger partial charge is 0.0564 e. The minimum absolute atomic E-state index is 0.240. The molecule has 1 aliphatic carbocycles. The zero-order valence-corrected chi connectivity index (χ0v) is 12.0. The molecule has 2 nitrogen and oxygen atoms in total. The predicted molar refractivity (Wildman–Crippen MR) is 79.1 cm³/mol. The first-order valence-corrected chi connectivity index (χ1v) is 8.02. The van der Waals surface area contributed by atoms with Crippen molar-refractivity contribution in [3.05, 3.63) is 35.4 Å². The molecule has 1 aromatic rings. The van der Waals surface area contributed by atoms with Gasteiger partial charge in [0, 0.05) is 17.3 Å². The molecule has 0 fully saturated rings. The molecule has 3 unspecified atom stereocenters. The maximum absolute atomic E-state index is 9.36. The minimum atomic E-state index is 0.240. The Kier molecular flexibility index (Phi) is 5.10. The van der Waals surface area contributed by atoms with Crippen molar-refractivity contribution < 1.29 is 5.11 Å². The lowest BCUT2D eigenvalue weighted by molar-refractivity contribution is 0.267. The summed E-state index contributed by atoms with van der Waals surface area (Å²) in [7, 11) is 0. The SMILES string of the molecule is CSC(CO)C(C)NC1CCCc2ccccc21. The van der Waals surface area contributed by atoms with E-state index in [-0.39, 0.29) is 11.9 Å². The highest BCUT2D eigenvalue weighted by atomic mass is 32.2. The first-order chi connectivity index (χ1) is 8.76. The average Bonchev–Trinajstić information content (AvgIpc) is 2.40. The van der Waals surface area contributed by atoms with Gasteiger partial charge < -0.3 is 10.4 Å². The van der Waals surface area contributed by atoms with Gasteiger partial charge in [-0.2, -0.15) is 11.8 Å². The van der Waals surface area contributed by atoms with Crippen LogP contribution in [0.15, 0.2) is 24.3 Å². The van der Waals surface area contributed by atoms with E-state index in [9.17, 15) is 5.11 Å². The van der Waals surface area contributed by atoms with Gasteiger partial charge in [-0.1, -0.05) is 24.3 Å². The lowest BCUT2D eigenvalue weighted by Crippen LogP contribution is -2.40. The molecule has 2 N–H and O–H groups in total. The zero-order valence-electron chi connectivity index (χ0n) is 11.2. The molecule has 0 saturated heterocycles. The number of hydrogen-bond donors (Lipinski definition) is 2. The van der Waals surface area contributed by atoms with Crippen LogP contribution in [-0.4, -0.2) is 29.3 Å². The van der Waals surface area contributed by atoms with Gasteiger partial charge in [-0.05, 0) is 43.6 Å². The van der Waals surface area contributed by atoms with Gasteiger partial charge in [-0.25, -0.2) is 0 Å². The summed E-state index contributed by atoms with van der Waals surface area (Å²) < 4.78 is 0. The van der Waals surface area contributed by atoms with Crippen LogP contribution in [0.5, 0.6) is 0 Å². The second-order valence-corrected chi connectivity index (χ2v) is 6.13. The third-order valence-electron chi connectivity index (χ3n) is 3.87. The van der Waals surface area contributed by atoms with Crippen LogP contribution < -0.4 is 5.32 Å². The number of aryl methyl sites for hydroxylation is 1. The Morgan fingerprint density at radius 2 is 2.22 bits per heavy atom. The van der Waals surface area contributed by atoms with Gasteiger partial charge in [-0.15, -0.1) is 0 Å². The molecule has 0 bridgehead atoms. The van der Waals surface area contributed by atoms with Gasteiger partial charge in [0.15, 0.2) is 0 Å². The molecule has 0 spiro atoms. The van der Waals surface area contributed by atoms with E-state index >= 15 is 0 Å². The molecule has 3 atom stereocenters. The molecule has 1 aliphatic rings. The summed E-state index contributed by atoms with van der Waals surface area (Å²) in [4.78, 5) is 0. The van der Waals surface area contributed by atoms with Crippen LogP contribution in [0, 0.1) is 0 Å². The molecule has 0 aromatic heterocycles. The van der Waals surface area contributed by atoms with Crippen molar-refractivity contribution in [1.29, 1.82) is 0 Å². The van der Waals surface area contributed by atoms with Crippen LogP contribution in [0.2, 0.25) is 0 Å². The Labute approximate surface area is 114 Å². The first-order valence-electron chi connectivity index (χ1n) is 6.73. The second-order valence-electron chi connectivity index (χ2n) is 5.06. The summed E-state index contributed by atoms with van der Waals surface area (Å²) in [5.74, 6) is 0. The quantitative estimate of drug-likeness (QED) is 0.858. The van der Waals surface area contributed by atoms with E-state index in [1.54, 1.807) is 11.8 Å². The molecule has 18 heavy (non-hydrogen) atoms. The van der Waals surface area contributed by atoms with E-state index < -0.39 is 0 Å². The fourth-order valence-corrected chi connectivity index (χ4v) is 3.42. The number of fused-ring (bicyclic) bond motifs is 1. The Morgan fingerprint density at radius 3 is 2.94 bits per heavy atom. The summed E-state index contributed by atoms with van der Waals surface area (Å²) in [6.45, 7) is 2.41. The van der Waals surface area contributed by atoms with Crippen LogP contribution >= 0.6 is 11.8 Å². The summed E-state index contributed by atoms with van der Waals surface area (Å²) in [6.07, 6.45) is 5.72. The molecule has 2 rings (SSSR count). The van der Waals surface area contributed by atoms with Crippen molar-refractivity contribution in [2.24, 2.45) is 0 Å². The van der Waals surface area contributed by atoms with Crippen molar-refractivity contribution in [3.8, 4) is 0 Å². The Balaban J connectivity index is 2.07. The molecule has 0 aliphatic heterocycles. The largest absolute Gasteiger partial charge is 0.395 e. The summed E-state index contributed by atoms with van der Waals surface area (Å²) in [5.41, 5.74) is 2.94. The number of benzene rings is 1. The summed E-state index contributed by atoms with van der Waals surface area (Å²) >= 11 is 1.74. The third kappa shape index (κ3) is 3.08. The molecule has 3 heteroatoms. The number of thioether (sulfide) groups is 1. The Morgan fingerprint density at radius 1 is 1.44 bits per heavy atom. The van der Waals surface area contributed by atoms with Crippen LogP contribution in [0.1, 0.15) is 36.9 Å². The average molecular weight is 265 g/mol. The number of aliphatic hydroxyl groups excluding tert-OH is 1. The topological polar surface area (TPSA) is 32.3 Å². The van der Waals surface area contributed by atoms with Crippen molar-refractivity contribution in [2.45, 2.75) is 43.5 Å².